The van der Waals surface area contributed by atoms with Crippen LogP contribution in [0.25, 0.3) is 0 Å². The van der Waals surface area contributed by atoms with E-state index < -0.39 is 0 Å². The quantitative estimate of drug-likeness (QED) is 0.843. The zero-order chi connectivity index (χ0) is 14.4. The predicted molar refractivity (Wildman–Crippen MR) is 84.7 cm³/mol. The molecule has 1 N–H and O–H groups in total. The summed E-state index contributed by atoms with van der Waals surface area (Å²) in [6.45, 7) is 5.61. The Labute approximate surface area is 123 Å². The van der Waals surface area contributed by atoms with Crippen molar-refractivity contribution in [2.45, 2.75) is 70.6 Å². The Morgan fingerprint density at radius 3 is 2.60 bits per heavy atom. The van der Waals surface area contributed by atoms with Crippen LogP contribution < -0.4 is 0 Å². The smallest absolute Gasteiger partial charge is 0.0945 e. The molecule has 1 aromatic rings. The van der Waals surface area contributed by atoms with Crippen molar-refractivity contribution in [3.05, 3.63) is 35.9 Å². The van der Waals surface area contributed by atoms with E-state index in [1.807, 2.05) is 30.3 Å². The molecule has 2 heteroatoms. The molecule has 0 bridgehead atoms. The number of likely N-dealkylation sites (tertiary alicyclic amines) is 1. The lowest BCUT2D eigenvalue weighted by atomic mass is 9.91. The standard InChI is InChI=1S/C18H29NO/c1-3-10-16-13-8-9-14-19(16)17(4-2)18(20)15-11-6-5-7-12-15/h5-7,11-12,16-18,20H,3-4,8-10,13-14H2,1-2H3. The highest BCUT2D eigenvalue weighted by molar-refractivity contribution is 5.19. The van der Waals surface area contributed by atoms with E-state index in [2.05, 4.69) is 18.7 Å². The molecule has 0 aromatic heterocycles. The van der Waals surface area contributed by atoms with E-state index in [1.54, 1.807) is 0 Å². The summed E-state index contributed by atoms with van der Waals surface area (Å²) in [6, 6.07) is 11.1. The van der Waals surface area contributed by atoms with Crippen LogP contribution in [0.2, 0.25) is 0 Å². The van der Waals surface area contributed by atoms with E-state index in [1.165, 1.54) is 32.1 Å². The Bertz CT molecular complexity index is 376. The van der Waals surface area contributed by atoms with Gasteiger partial charge in [-0.3, -0.25) is 4.90 Å². The van der Waals surface area contributed by atoms with Crippen molar-refractivity contribution < 1.29 is 5.11 Å². The van der Waals surface area contributed by atoms with E-state index in [0.29, 0.717) is 6.04 Å². The van der Waals surface area contributed by atoms with E-state index in [9.17, 15) is 5.11 Å². The van der Waals surface area contributed by atoms with Crippen LogP contribution in [0.15, 0.2) is 30.3 Å². The van der Waals surface area contributed by atoms with Gasteiger partial charge < -0.3 is 5.11 Å². The molecule has 0 spiro atoms. The zero-order valence-corrected chi connectivity index (χ0v) is 13.0. The number of aliphatic hydroxyl groups is 1. The van der Waals surface area contributed by atoms with Crippen LogP contribution in [0.3, 0.4) is 0 Å². The molecule has 20 heavy (non-hydrogen) atoms. The minimum absolute atomic E-state index is 0.259. The van der Waals surface area contributed by atoms with Crippen molar-refractivity contribution in [3.8, 4) is 0 Å². The SMILES string of the molecule is CCCC1CCCCN1C(CC)C(O)c1ccccc1. The minimum atomic E-state index is -0.362. The number of hydrogen-bond acceptors (Lipinski definition) is 2. The average molecular weight is 275 g/mol. The van der Waals surface area contributed by atoms with E-state index in [-0.39, 0.29) is 12.1 Å². The molecule has 1 heterocycles. The van der Waals surface area contributed by atoms with Crippen molar-refractivity contribution in [1.29, 1.82) is 0 Å². The topological polar surface area (TPSA) is 23.5 Å². The molecule has 0 aliphatic carbocycles. The van der Waals surface area contributed by atoms with Gasteiger partial charge in [-0.25, -0.2) is 0 Å². The third-order valence-electron chi connectivity index (χ3n) is 4.64. The van der Waals surface area contributed by atoms with Gasteiger partial charge >= 0.3 is 0 Å². The third kappa shape index (κ3) is 3.62. The molecule has 3 atom stereocenters. The lowest BCUT2D eigenvalue weighted by Crippen LogP contribution is -2.48. The van der Waals surface area contributed by atoms with Gasteiger partial charge in [0.2, 0.25) is 0 Å². The maximum atomic E-state index is 10.8. The Morgan fingerprint density at radius 1 is 1.20 bits per heavy atom. The molecule has 1 saturated heterocycles. The fraction of sp³-hybridized carbons (Fsp3) is 0.667. The number of piperidine rings is 1. The first kappa shape index (κ1) is 15.5. The molecule has 0 radical (unpaired) electrons. The van der Waals surface area contributed by atoms with Crippen LogP contribution >= 0.6 is 0 Å². The Balaban J connectivity index is 2.13. The number of nitrogens with zero attached hydrogens (tertiary/aromatic N) is 1. The maximum Gasteiger partial charge on any atom is 0.0945 e. The van der Waals surface area contributed by atoms with Gasteiger partial charge in [0.1, 0.15) is 0 Å². The molecule has 1 aromatic carbocycles. The van der Waals surface area contributed by atoms with Crippen LogP contribution in [-0.4, -0.2) is 28.6 Å². The van der Waals surface area contributed by atoms with Crippen LogP contribution in [0, 0.1) is 0 Å². The summed E-state index contributed by atoms with van der Waals surface area (Å²) in [5.41, 5.74) is 1.06. The Morgan fingerprint density at radius 2 is 1.95 bits per heavy atom. The summed E-state index contributed by atoms with van der Waals surface area (Å²) < 4.78 is 0. The monoisotopic (exact) mass is 275 g/mol. The van der Waals surface area contributed by atoms with Gasteiger partial charge in [-0.2, -0.15) is 0 Å². The summed E-state index contributed by atoms with van der Waals surface area (Å²) in [6.07, 6.45) is 7.06. The van der Waals surface area contributed by atoms with Gasteiger partial charge in [-0.1, -0.05) is 57.0 Å². The zero-order valence-electron chi connectivity index (χ0n) is 13.0. The second kappa shape index (κ2) is 7.80. The summed E-state index contributed by atoms with van der Waals surface area (Å²) >= 11 is 0. The molecular formula is C18H29NO. The van der Waals surface area contributed by atoms with Gasteiger partial charge in [-0.05, 0) is 37.8 Å². The highest BCUT2D eigenvalue weighted by atomic mass is 16.3. The predicted octanol–water partition coefficient (Wildman–Crippen LogP) is 4.15. The first-order valence-corrected chi connectivity index (χ1v) is 8.26. The molecular weight excluding hydrogens is 246 g/mol. The van der Waals surface area contributed by atoms with Gasteiger partial charge in [0.15, 0.2) is 0 Å². The molecule has 1 fully saturated rings. The number of benzene rings is 1. The number of hydrogen-bond donors (Lipinski definition) is 1. The second-order valence-corrected chi connectivity index (χ2v) is 6.01. The molecule has 2 rings (SSSR count). The van der Waals surface area contributed by atoms with E-state index >= 15 is 0 Å². The van der Waals surface area contributed by atoms with E-state index in [4.69, 9.17) is 0 Å². The number of rotatable bonds is 6. The number of aliphatic hydroxyl groups excluding tert-OH is 1. The molecule has 1 aliphatic heterocycles. The Kier molecular flexibility index (Phi) is 6.06. The molecule has 112 valence electrons. The summed E-state index contributed by atoms with van der Waals surface area (Å²) in [4.78, 5) is 2.59. The van der Waals surface area contributed by atoms with Crippen LogP contribution in [0.1, 0.15) is 64.0 Å². The van der Waals surface area contributed by atoms with Crippen molar-refractivity contribution in [3.63, 3.8) is 0 Å². The lowest BCUT2D eigenvalue weighted by Gasteiger charge is -2.43. The second-order valence-electron chi connectivity index (χ2n) is 6.01. The highest BCUT2D eigenvalue weighted by Gasteiger charge is 2.32. The van der Waals surface area contributed by atoms with Crippen molar-refractivity contribution in [1.82, 2.24) is 4.90 Å². The summed E-state index contributed by atoms with van der Waals surface area (Å²) in [5.74, 6) is 0. The maximum absolute atomic E-state index is 10.8. The minimum Gasteiger partial charge on any atom is -0.387 e. The summed E-state index contributed by atoms with van der Waals surface area (Å²) in [5, 5.41) is 10.8. The molecule has 0 amide bonds. The molecule has 1 aliphatic rings. The molecule has 3 unspecified atom stereocenters. The van der Waals surface area contributed by atoms with Gasteiger partial charge in [-0.15, -0.1) is 0 Å². The lowest BCUT2D eigenvalue weighted by molar-refractivity contribution is 0.00178. The fourth-order valence-electron chi connectivity index (χ4n) is 3.61. The van der Waals surface area contributed by atoms with Crippen molar-refractivity contribution in [2.75, 3.05) is 6.54 Å². The highest BCUT2D eigenvalue weighted by Crippen LogP contribution is 2.30. The van der Waals surface area contributed by atoms with Gasteiger partial charge in [0, 0.05) is 12.1 Å². The molecule has 2 nitrogen and oxygen atoms in total. The fourth-order valence-corrected chi connectivity index (χ4v) is 3.61. The average Bonchev–Trinajstić information content (AvgIpc) is 2.51. The summed E-state index contributed by atoms with van der Waals surface area (Å²) in [7, 11) is 0. The van der Waals surface area contributed by atoms with Crippen LogP contribution in [-0.2, 0) is 0 Å². The van der Waals surface area contributed by atoms with E-state index in [0.717, 1.165) is 18.5 Å². The van der Waals surface area contributed by atoms with Gasteiger partial charge in [0.05, 0.1) is 6.10 Å². The Hall–Kier alpha value is -0.860. The van der Waals surface area contributed by atoms with Gasteiger partial charge in [0.25, 0.3) is 0 Å². The van der Waals surface area contributed by atoms with Crippen molar-refractivity contribution >= 4 is 0 Å². The normalized spacial score (nSPS) is 23.4. The largest absolute Gasteiger partial charge is 0.387 e. The molecule has 0 saturated carbocycles. The first-order chi connectivity index (χ1) is 9.77. The van der Waals surface area contributed by atoms with Crippen LogP contribution in [0.5, 0.6) is 0 Å². The first-order valence-electron chi connectivity index (χ1n) is 8.26. The third-order valence-corrected chi connectivity index (χ3v) is 4.64. The van der Waals surface area contributed by atoms with Crippen LogP contribution in [0.4, 0.5) is 0 Å². The van der Waals surface area contributed by atoms with Crippen molar-refractivity contribution in [2.24, 2.45) is 0 Å².